The summed E-state index contributed by atoms with van der Waals surface area (Å²) in [5.74, 6) is 0.00735. The predicted molar refractivity (Wildman–Crippen MR) is 83.7 cm³/mol. The van der Waals surface area contributed by atoms with E-state index in [-0.39, 0.29) is 12.5 Å². The summed E-state index contributed by atoms with van der Waals surface area (Å²) in [5.41, 5.74) is 0.806. The number of nitrogens with one attached hydrogen (secondary N) is 1. The zero-order valence-corrected chi connectivity index (χ0v) is 13.1. The number of carbonyl (C=O) groups is 1. The third kappa shape index (κ3) is 4.58. The summed E-state index contributed by atoms with van der Waals surface area (Å²) in [6.45, 7) is 1.36. The molecule has 1 amide bonds. The van der Waals surface area contributed by atoms with Crippen LogP contribution < -0.4 is 5.32 Å². The Bertz CT molecular complexity index is 449. The van der Waals surface area contributed by atoms with Crippen LogP contribution in [0.15, 0.2) is 28.7 Å². The molecule has 1 saturated carbocycles. The fourth-order valence-corrected chi connectivity index (χ4v) is 2.77. The normalized spacial score (nSPS) is 15.2. The second kappa shape index (κ2) is 7.76. The maximum Gasteiger partial charge on any atom is 0.238 e. The first-order valence-corrected chi connectivity index (χ1v) is 7.88. The summed E-state index contributed by atoms with van der Waals surface area (Å²) in [6, 6.07) is 8.10. The Morgan fingerprint density at radius 3 is 2.85 bits per heavy atom. The van der Waals surface area contributed by atoms with Gasteiger partial charge in [-0.1, -0.05) is 28.4 Å². The van der Waals surface area contributed by atoms with Gasteiger partial charge in [0.15, 0.2) is 0 Å². The van der Waals surface area contributed by atoms with Gasteiger partial charge in [0.1, 0.15) is 0 Å². The Hall–Kier alpha value is -0.910. The first-order chi connectivity index (χ1) is 9.69. The van der Waals surface area contributed by atoms with Crippen molar-refractivity contribution in [3.05, 3.63) is 28.7 Å². The first kappa shape index (κ1) is 15.5. The third-order valence-electron chi connectivity index (χ3n) is 3.65. The quantitative estimate of drug-likeness (QED) is 0.802. The van der Waals surface area contributed by atoms with Gasteiger partial charge in [-0.15, -0.1) is 0 Å². The molecule has 110 valence electrons. The average Bonchev–Trinajstić information content (AvgIpc) is 2.33. The number of aliphatic hydroxyl groups is 1. The molecule has 1 fully saturated rings. The molecule has 1 aromatic carbocycles. The molecule has 5 heteroatoms. The lowest BCUT2D eigenvalue weighted by atomic mass is 9.91. The van der Waals surface area contributed by atoms with Gasteiger partial charge in [-0.3, -0.25) is 9.69 Å². The number of hydrogen-bond donors (Lipinski definition) is 2. The second-order valence-corrected chi connectivity index (χ2v) is 6.11. The molecule has 0 aromatic heterocycles. The summed E-state index contributed by atoms with van der Waals surface area (Å²) >= 11 is 3.39. The number of benzene rings is 1. The lowest BCUT2D eigenvalue weighted by molar-refractivity contribution is -0.118. The Balaban J connectivity index is 1.87. The number of rotatable bonds is 7. The molecule has 1 aliphatic rings. The number of aliphatic hydroxyl groups excluding tert-OH is 1. The van der Waals surface area contributed by atoms with Gasteiger partial charge in [0.2, 0.25) is 5.91 Å². The van der Waals surface area contributed by atoms with E-state index in [1.165, 1.54) is 6.42 Å². The molecule has 2 N–H and O–H groups in total. The smallest absolute Gasteiger partial charge is 0.238 e. The molecule has 2 rings (SSSR count). The molecule has 1 aromatic rings. The van der Waals surface area contributed by atoms with E-state index in [0.717, 1.165) is 36.0 Å². The maximum absolute atomic E-state index is 12.1. The van der Waals surface area contributed by atoms with Crippen LogP contribution in [0.5, 0.6) is 0 Å². The van der Waals surface area contributed by atoms with Crippen LogP contribution in [0.2, 0.25) is 0 Å². The molecule has 1 aliphatic carbocycles. The van der Waals surface area contributed by atoms with Crippen molar-refractivity contribution in [1.82, 2.24) is 4.90 Å². The van der Waals surface area contributed by atoms with Gasteiger partial charge >= 0.3 is 0 Å². The van der Waals surface area contributed by atoms with Crippen LogP contribution in [0.3, 0.4) is 0 Å². The van der Waals surface area contributed by atoms with Gasteiger partial charge in [0, 0.05) is 29.4 Å². The van der Waals surface area contributed by atoms with Crippen LogP contribution in [0, 0.1) is 0 Å². The van der Waals surface area contributed by atoms with Crippen molar-refractivity contribution < 1.29 is 9.90 Å². The number of nitrogens with zero attached hydrogens (tertiary/aromatic N) is 1. The third-order valence-corrected chi connectivity index (χ3v) is 4.14. The Kier molecular flexibility index (Phi) is 6.01. The minimum absolute atomic E-state index is 0.00735. The highest BCUT2D eigenvalue weighted by molar-refractivity contribution is 9.10. The van der Waals surface area contributed by atoms with Crippen molar-refractivity contribution in [2.24, 2.45) is 0 Å². The minimum Gasteiger partial charge on any atom is -0.396 e. The standard InChI is InChI=1S/C15H21BrN2O2/c16-12-4-1-5-13(10-12)17-15(20)11-18(8-3-9-19)14-6-2-7-14/h1,4-5,10,14,19H,2-3,6-9,11H2,(H,17,20). The van der Waals surface area contributed by atoms with Crippen LogP contribution in [0.4, 0.5) is 5.69 Å². The minimum atomic E-state index is 0.00735. The highest BCUT2D eigenvalue weighted by Gasteiger charge is 2.25. The Morgan fingerprint density at radius 2 is 2.25 bits per heavy atom. The SMILES string of the molecule is O=C(CN(CCCO)C1CCC1)Nc1cccc(Br)c1. The van der Waals surface area contributed by atoms with Crippen LogP contribution in [0.1, 0.15) is 25.7 Å². The van der Waals surface area contributed by atoms with Crippen LogP contribution in [0.25, 0.3) is 0 Å². The molecule has 0 radical (unpaired) electrons. The van der Waals surface area contributed by atoms with Crippen LogP contribution in [-0.2, 0) is 4.79 Å². The number of carbonyl (C=O) groups excluding carboxylic acids is 1. The number of anilines is 1. The first-order valence-electron chi connectivity index (χ1n) is 7.09. The van der Waals surface area contributed by atoms with Crippen molar-refractivity contribution in [3.63, 3.8) is 0 Å². The zero-order valence-electron chi connectivity index (χ0n) is 11.5. The van der Waals surface area contributed by atoms with Crippen molar-refractivity contribution in [1.29, 1.82) is 0 Å². The molecule has 0 spiro atoms. The van der Waals surface area contributed by atoms with E-state index in [9.17, 15) is 4.79 Å². The van der Waals surface area contributed by atoms with Gasteiger partial charge in [-0.05, 0) is 37.5 Å². The van der Waals surface area contributed by atoms with Gasteiger partial charge in [-0.2, -0.15) is 0 Å². The number of hydrogen-bond acceptors (Lipinski definition) is 3. The highest BCUT2D eigenvalue weighted by Crippen LogP contribution is 2.25. The molecular formula is C15H21BrN2O2. The number of amides is 1. The molecule has 0 unspecified atom stereocenters. The summed E-state index contributed by atoms with van der Waals surface area (Å²) in [6.07, 6.45) is 4.29. The fourth-order valence-electron chi connectivity index (χ4n) is 2.37. The van der Waals surface area contributed by atoms with E-state index < -0.39 is 0 Å². The van der Waals surface area contributed by atoms with E-state index in [2.05, 4.69) is 26.1 Å². The predicted octanol–water partition coefficient (Wildman–Crippen LogP) is 2.62. The van der Waals surface area contributed by atoms with E-state index in [1.54, 1.807) is 0 Å². The van der Waals surface area contributed by atoms with E-state index in [4.69, 9.17) is 5.11 Å². The summed E-state index contributed by atoms with van der Waals surface area (Å²) < 4.78 is 0.950. The summed E-state index contributed by atoms with van der Waals surface area (Å²) in [7, 11) is 0. The molecule has 0 saturated heterocycles. The second-order valence-electron chi connectivity index (χ2n) is 5.19. The average molecular weight is 341 g/mol. The molecule has 0 heterocycles. The molecular weight excluding hydrogens is 320 g/mol. The lowest BCUT2D eigenvalue weighted by Gasteiger charge is -2.37. The number of halogens is 1. The summed E-state index contributed by atoms with van der Waals surface area (Å²) in [4.78, 5) is 14.3. The highest BCUT2D eigenvalue weighted by atomic mass is 79.9. The van der Waals surface area contributed by atoms with Crippen molar-refractivity contribution in [2.75, 3.05) is 25.0 Å². The van der Waals surface area contributed by atoms with E-state index in [0.29, 0.717) is 12.6 Å². The largest absolute Gasteiger partial charge is 0.396 e. The van der Waals surface area contributed by atoms with Gasteiger partial charge in [-0.25, -0.2) is 0 Å². The summed E-state index contributed by atoms with van der Waals surface area (Å²) in [5, 5.41) is 11.9. The van der Waals surface area contributed by atoms with Crippen molar-refractivity contribution >= 4 is 27.5 Å². The van der Waals surface area contributed by atoms with E-state index in [1.807, 2.05) is 24.3 Å². The monoisotopic (exact) mass is 340 g/mol. The topological polar surface area (TPSA) is 52.6 Å². The van der Waals surface area contributed by atoms with Crippen molar-refractivity contribution in [2.45, 2.75) is 31.7 Å². The van der Waals surface area contributed by atoms with Gasteiger partial charge < -0.3 is 10.4 Å². The zero-order chi connectivity index (χ0) is 14.4. The maximum atomic E-state index is 12.1. The van der Waals surface area contributed by atoms with E-state index >= 15 is 0 Å². The van der Waals surface area contributed by atoms with Crippen molar-refractivity contribution in [3.8, 4) is 0 Å². The molecule has 0 atom stereocenters. The fraction of sp³-hybridized carbons (Fsp3) is 0.533. The van der Waals surface area contributed by atoms with Gasteiger partial charge in [0.05, 0.1) is 6.54 Å². The Labute approximate surface area is 128 Å². The van der Waals surface area contributed by atoms with Crippen LogP contribution in [-0.4, -0.2) is 41.7 Å². The molecule has 20 heavy (non-hydrogen) atoms. The van der Waals surface area contributed by atoms with Gasteiger partial charge in [0.25, 0.3) is 0 Å². The molecule has 4 nitrogen and oxygen atoms in total. The Morgan fingerprint density at radius 1 is 1.45 bits per heavy atom. The molecule has 0 bridgehead atoms. The lowest BCUT2D eigenvalue weighted by Crippen LogP contribution is -2.45. The van der Waals surface area contributed by atoms with Crippen LogP contribution >= 0.6 is 15.9 Å². The molecule has 0 aliphatic heterocycles.